The van der Waals surface area contributed by atoms with E-state index in [-0.39, 0.29) is 11.7 Å². The van der Waals surface area contributed by atoms with Gasteiger partial charge in [0.2, 0.25) is 0 Å². The number of halogens is 1. The molecule has 0 saturated carbocycles. The van der Waals surface area contributed by atoms with Crippen molar-refractivity contribution in [1.82, 2.24) is 4.57 Å². The third-order valence-electron chi connectivity index (χ3n) is 3.09. The van der Waals surface area contributed by atoms with Crippen LogP contribution in [0.1, 0.15) is 41.1 Å². The van der Waals surface area contributed by atoms with Crippen LogP contribution in [0.15, 0.2) is 41.0 Å². The molecule has 5 heteroatoms. The Balaban J connectivity index is 2.22. The number of nitrogens with zero attached hydrogens (tertiary/aromatic N) is 1. The summed E-state index contributed by atoms with van der Waals surface area (Å²) in [5.74, 6) is -0.210. The maximum absolute atomic E-state index is 12.4. The Kier molecular flexibility index (Phi) is 4.96. The molecule has 0 fully saturated rings. The van der Waals surface area contributed by atoms with Gasteiger partial charge in [-0.05, 0) is 47.5 Å². The van der Waals surface area contributed by atoms with E-state index < -0.39 is 0 Å². The van der Waals surface area contributed by atoms with Gasteiger partial charge >= 0.3 is 0 Å². The Morgan fingerprint density at radius 1 is 1.29 bits per heavy atom. The largest absolute Gasteiger partial charge is 0.342 e. The Labute approximate surface area is 132 Å². The molecule has 0 spiro atoms. The summed E-state index contributed by atoms with van der Waals surface area (Å²) in [6.45, 7) is 4.35. The first kappa shape index (κ1) is 15.5. The summed E-state index contributed by atoms with van der Waals surface area (Å²) in [6, 6.07) is 8.73. The zero-order valence-electron chi connectivity index (χ0n) is 12.0. The van der Waals surface area contributed by atoms with Crippen molar-refractivity contribution in [3.05, 3.63) is 52.3 Å². The molecule has 4 nitrogen and oxygen atoms in total. The van der Waals surface area contributed by atoms with Crippen molar-refractivity contribution < 1.29 is 9.59 Å². The number of aryl methyl sites for hydroxylation is 1. The van der Waals surface area contributed by atoms with Gasteiger partial charge in [-0.2, -0.15) is 0 Å². The highest BCUT2D eigenvalue weighted by Gasteiger charge is 2.13. The molecule has 110 valence electrons. The van der Waals surface area contributed by atoms with E-state index in [1.54, 1.807) is 30.3 Å². The molecule has 0 atom stereocenters. The van der Waals surface area contributed by atoms with E-state index in [4.69, 9.17) is 0 Å². The molecule has 1 aromatic heterocycles. The molecule has 0 unspecified atom stereocenters. The number of benzene rings is 1. The lowest BCUT2D eigenvalue weighted by atomic mass is 10.1. The SMILES string of the molecule is CCCn1cc(Br)cc1C(=O)Nc1cccc(C(C)=O)c1. The first-order chi connectivity index (χ1) is 10.0. The van der Waals surface area contributed by atoms with Gasteiger partial charge < -0.3 is 9.88 Å². The van der Waals surface area contributed by atoms with E-state index in [0.717, 1.165) is 17.4 Å². The minimum absolute atomic E-state index is 0.0248. The van der Waals surface area contributed by atoms with Crippen LogP contribution in [0.3, 0.4) is 0 Å². The minimum atomic E-state index is -0.185. The van der Waals surface area contributed by atoms with Gasteiger partial charge in [0.25, 0.3) is 5.91 Å². The van der Waals surface area contributed by atoms with Crippen molar-refractivity contribution in [3.8, 4) is 0 Å². The summed E-state index contributed by atoms with van der Waals surface area (Å²) >= 11 is 3.39. The second-order valence-electron chi connectivity index (χ2n) is 4.83. The van der Waals surface area contributed by atoms with Crippen LogP contribution in [0.5, 0.6) is 0 Å². The molecular weight excluding hydrogens is 332 g/mol. The highest BCUT2D eigenvalue weighted by molar-refractivity contribution is 9.10. The molecule has 1 aromatic carbocycles. The number of aromatic nitrogens is 1. The molecule has 0 aliphatic carbocycles. The highest BCUT2D eigenvalue weighted by atomic mass is 79.9. The molecular formula is C16H17BrN2O2. The average Bonchev–Trinajstić information content (AvgIpc) is 2.80. The standard InChI is InChI=1S/C16H17BrN2O2/c1-3-7-19-10-13(17)9-15(19)16(21)18-14-6-4-5-12(8-14)11(2)20/h4-6,8-10H,3,7H2,1-2H3,(H,18,21). The predicted molar refractivity (Wildman–Crippen MR) is 86.8 cm³/mol. The third-order valence-corrected chi connectivity index (χ3v) is 3.52. The molecule has 1 heterocycles. The lowest BCUT2D eigenvalue weighted by molar-refractivity contribution is 0.100. The number of hydrogen-bond donors (Lipinski definition) is 1. The van der Waals surface area contributed by atoms with E-state index in [9.17, 15) is 9.59 Å². The van der Waals surface area contributed by atoms with Gasteiger partial charge in [0, 0.05) is 28.5 Å². The third kappa shape index (κ3) is 3.82. The Bertz CT molecular complexity index is 677. The van der Waals surface area contributed by atoms with Crippen LogP contribution in [0.25, 0.3) is 0 Å². The smallest absolute Gasteiger partial charge is 0.272 e. The van der Waals surface area contributed by atoms with Gasteiger partial charge in [-0.15, -0.1) is 0 Å². The number of ketones is 1. The maximum Gasteiger partial charge on any atom is 0.272 e. The molecule has 0 aliphatic rings. The lowest BCUT2D eigenvalue weighted by Gasteiger charge is -2.09. The molecule has 21 heavy (non-hydrogen) atoms. The van der Waals surface area contributed by atoms with Crippen molar-refractivity contribution in [2.24, 2.45) is 0 Å². The van der Waals surface area contributed by atoms with Crippen LogP contribution < -0.4 is 5.32 Å². The molecule has 0 aliphatic heterocycles. The number of nitrogens with one attached hydrogen (secondary N) is 1. The number of anilines is 1. The van der Waals surface area contributed by atoms with Gasteiger partial charge in [-0.1, -0.05) is 19.1 Å². The minimum Gasteiger partial charge on any atom is -0.342 e. The van der Waals surface area contributed by atoms with Gasteiger partial charge in [-0.3, -0.25) is 9.59 Å². The summed E-state index contributed by atoms with van der Waals surface area (Å²) in [5, 5.41) is 2.83. The van der Waals surface area contributed by atoms with Crippen molar-refractivity contribution in [2.75, 3.05) is 5.32 Å². The monoisotopic (exact) mass is 348 g/mol. The first-order valence-corrected chi connectivity index (χ1v) is 7.58. The molecule has 2 rings (SSSR count). The Morgan fingerprint density at radius 3 is 2.71 bits per heavy atom. The highest BCUT2D eigenvalue weighted by Crippen LogP contribution is 2.18. The lowest BCUT2D eigenvalue weighted by Crippen LogP contribution is -2.17. The van der Waals surface area contributed by atoms with Crippen LogP contribution in [0, 0.1) is 0 Å². The summed E-state index contributed by atoms with van der Waals surface area (Å²) in [4.78, 5) is 23.7. The molecule has 0 saturated heterocycles. The van der Waals surface area contributed by atoms with Crippen LogP contribution in [0.4, 0.5) is 5.69 Å². The molecule has 0 bridgehead atoms. The van der Waals surface area contributed by atoms with Crippen LogP contribution >= 0.6 is 15.9 Å². The van der Waals surface area contributed by atoms with Crippen molar-refractivity contribution in [3.63, 3.8) is 0 Å². The van der Waals surface area contributed by atoms with Crippen molar-refractivity contribution in [2.45, 2.75) is 26.8 Å². The fourth-order valence-corrected chi connectivity index (χ4v) is 2.57. The number of carbonyl (C=O) groups is 2. The topological polar surface area (TPSA) is 51.1 Å². The van der Waals surface area contributed by atoms with E-state index >= 15 is 0 Å². The molecule has 0 radical (unpaired) electrons. The van der Waals surface area contributed by atoms with E-state index in [1.165, 1.54) is 6.92 Å². The fraction of sp³-hybridized carbons (Fsp3) is 0.250. The number of Topliss-reactive ketones (excluding diaryl/α,β-unsaturated/α-hetero) is 1. The normalized spacial score (nSPS) is 10.4. The number of amides is 1. The first-order valence-electron chi connectivity index (χ1n) is 6.79. The number of rotatable bonds is 5. The van der Waals surface area contributed by atoms with E-state index in [0.29, 0.717) is 16.9 Å². The Hall–Kier alpha value is -1.88. The average molecular weight is 349 g/mol. The summed E-state index contributed by atoms with van der Waals surface area (Å²) in [7, 11) is 0. The zero-order valence-corrected chi connectivity index (χ0v) is 13.6. The van der Waals surface area contributed by atoms with Gasteiger partial charge in [0.15, 0.2) is 5.78 Å². The fourth-order valence-electron chi connectivity index (χ4n) is 2.10. The number of hydrogen-bond acceptors (Lipinski definition) is 2. The maximum atomic E-state index is 12.4. The second-order valence-corrected chi connectivity index (χ2v) is 5.74. The quantitative estimate of drug-likeness (QED) is 0.826. The molecule has 2 aromatic rings. The van der Waals surface area contributed by atoms with Gasteiger partial charge in [0.05, 0.1) is 0 Å². The molecule has 1 N–H and O–H groups in total. The van der Waals surface area contributed by atoms with Crippen LogP contribution in [-0.2, 0) is 6.54 Å². The summed E-state index contributed by atoms with van der Waals surface area (Å²) in [6.07, 6.45) is 2.84. The van der Waals surface area contributed by atoms with E-state index in [2.05, 4.69) is 28.2 Å². The Morgan fingerprint density at radius 2 is 2.05 bits per heavy atom. The number of carbonyl (C=O) groups excluding carboxylic acids is 2. The van der Waals surface area contributed by atoms with Crippen LogP contribution in [-0.4, -0.2) is 16.3 Å². The summed E-state index contributed by atoms with van der Waals surface area (Å²) in [5.41, 5.74) is 1.79. The van der Waals surface area contributed by atoms with Crippen molar-refractivity contribution >= 4 is 33.3 Å². The van der Waals surface area contributed by atoms with Gasteiger partial charge in [0.1, 0.15) is 5.69 Å². The predicted octanol–water partition coefficient (Wildman–Crippen LogP) is 4.12. The zero-order chi connectivity index (χ0) is 15.4. The van der Waals surface area contributed by atoms with Crippen LogP contribution in [0.2, 0.25) is 0 Å². The molecule has 1 amide bonds. The van der Waals surface area contributed by atoms with Gasteiger partial charge in [-0.25, -0.2) is 0 Å². The van der Waals surface area contributed by atoms with Crippen molar-refractivity contribution in [1.29, 1.82) is 0 Å². The van der Waals surface area contributed by atoms with E-state index in [1.807, 2.05) is 10.8 Å². The second kappa shape index (κ2) is 6.72. The summed E-state index contributed by atoms with van der Waals surface area (Å²) < 4.78 is 2.78.